The first kappa shape index (κ1) is 18.9. The lowest BCUT2D eigenvalue weighted by molar-refractivity contribution is 0.104. The highest BCUT2D eigenvalue weighted by Crippen LogP contribution is 2.43. The van der Waals surface area contributed by atoms with Gasteiger partial charge in [0.25, 0.3) is 0 Å². The van der Waals surface area contributed by atoms with Crippen molar-refractivity contribution in [1.29, 1.82) is 0 Å². The van der Waals surface area contributed by atoms with Crippen molar-refractivity contribution < 1.29 is 9.36 Å². The molecule has 0 spiro atoms. The van der Waals surface area contributed by atoms with Gasteiger partial charge in [0.05, 0.1) is 0 Å². The highest BCUT2D eigenvalue weighted by Gasteiger charge is 2.32. The van der Waals surface area contributed by atoms with E-state index in [1.165, 1.54) is 6.08 Å². The second-order valence-electron chi connectivity index (χ2n) is 6.44. The molecule has 27 heavy (non-hydrogen) atoms. The van der Waals surface area contributed by atoms with Crippen LogP contribution in [0.25, 0.3) is 0 Å². The summed E-state index contributed by atoms with van der Waals surface area (Å²) in [7, 11) is 0.528. The number of benzene rings is 3. The van der Waals surface area contributed by atoms with Crippen molar-refractivity contribution in [1.82, 2.24) is 4.90 Å². The maximum Gasteiger partial charge on any atom is 0.188 e. The van der Waals surface area contributed by atoms with Crippen molar-refractivity contribution >= 4 is 28.8 Å². The summed E-state index contributed by atoms with van der Waals surface area (Å²) in [6.45, 7) is 0. The third-order valence-electron chi connectivity index (χ3n) is 4.27. The molecule has 0 saturated carbocycles. The fourth-order valence-corrected chi connectivity index (χ4v) is 5.82. The largest absolute Gasteiger partial charge is 0.383 e. The van der Waals surface area contributed by atoms with Crippen LogP contribution >= 0.6 is 7.14 Å². The van der Waals surface area contributed by atoms with E-state index in [9.17, 15) is 9.36 Å². The van der Waals surface area contributed by atoms with Gasteiger partial charge in [0.1, 0.15) is 0 Å². The zero-order valence-electron chi connectivity index (χ0n) is 15.4. The average Bonchev–Trinajstić information content (AvgIpc) is 2.72. The Kier molecular flexibility index (Phi) is 5.73. The van der Waals surface area contributed by atoms with Crippen molar-refractivity contribution in [2.24, 2.45) is 0 Å². The van der Waals surface area contributed by atoms with E-state index < -0.39 is 7.14 Å². The molecular formula is C23H22NO2P. The van der Waals surface area contributed by atoms with Gasteiger partial charge in [-0.2, -0.15) is 0 Å². The Balaban J connectivity index is 2.24. The number of carbonyl (C=O) groups is 1. The first-order chi connectivity index (χ1) is 13.0. The van der Waals surface area contributed by atoms with Gasteiger partial charge in [0, 0.05) is 47.8 Å². The summed E-state index contributed by atoms with van der Waals surface area (Å²) in [5.41, 5.74) is 0.464. The lowest BCUT2D eigenvalue weighted by Gasteiger charge is -2.22. The average molecular weight is 375 g/mol. The van der Waals surface area contributed by atoms with E-state index in [1.807, 2.05) is 80.8 Å². The van der Waals surface area contributed by atoms with Crippen molar-refractivity contribution in [3.05, 3.63) is 103 Å². The zero-order chi connectivity index (χ0) is 19.3. The minimum absolute atomic E-state index is 0.161. The molecule has 0 radical (unpaired) electrons. The number of rotatable bonds is 6. The summed E-state index contributed by atoms with van der Waals surface area (Å²) in [5, 5.41) is 2.00. The predicted molar refractivity (Wildman–Crippen MR) is 113 cm³/mol. The summed E-state index contributed by atoms with van der Waals surface area (Å²) in [6.07, 6.45) is 3.22. The third-order valence-corrected chi connectivity index (χ3v) is 7.39. The van der Waals surface area contributed by atoms with Crippen molar-refractivity contribution in [3.63, 3.8) is 0 Å². The number of nitrogens with zero attached hydrogens (tertiary/aromatic N) is 1. The second-order valence-corrected chi connectivity index (χ2v) is 9.17. The molecule has 0 aliphatic heterocycles. The fraction of sp³-hybridized carbons (Fsp3) is 0.0870. The number of hydrogen-bond acceptors (Lipinski definition) is 3. The van der Waals surface area contributed by atoms with Gasteiger partial charge in [-0.3, -0.25) is 4.79 Å². The monoisotopic (exact) mass is 375 g/mol. The maximum atomic E-state index is 14.5. The van der Waals surface area contributed by atoms with Crippen LogP contribution in [-0.2, 0) is 4.57 Å². The molecule has 0 fully saturated rings. The lowest BCUT2D eigenvalue weighted by atomic mass is 10.1. The molecule has 3 rings (SSSR count). The van der Waals surface area contributed by atoms with Gasteiger partial charge in [-0.15, -0.1) is 0 Å². The lowest BCUT2D eigenvalue weighted by Crippen LogP contribution is -2.28. The Labute approximate surface area is 160 Å². The van der Waals surface area contributed by atoms with Crippen LogP contribution in [0.2, 0.25) is 0 Å². The SMILES string of the molecule is CN(C)C=CC(=O)c1ccccc1P(=O)(c1ccccc1)c1ccccc1. The molecule has 0 heterocycles. The highest BCUT2D eigenvalue weighted by molar-refractivity contribution is 7.85. The van der Waals surface area contributed by atoms with Gasteiger partial charge in [0.15, 0.2) is 12.9 Å². The number of hydrogen-bond donors (Lipinski definition) is 0. The van der Waals surface area contributed by atoms with Crippen molar-refractivity contribution in [3.8, 4) is 0 Å². The van der Waals surface area contributed by atoms with E-state index in [2.05, 4.69) is 0 Å². The van der Waals surface area contributed by atoms with E-state index in [0.29, 0.717) is 21.5 Å². The topological polar surface area (TPSA) is 37.4 Å². The number of ketones is 1. The van der Waals surface area contributed by atoms with Crippen LogP contribution in [0.4, 0.5) is 0 Å². The van der Waals surface area contributed by atoms with E-state index in [4.69, 9.17) is 0 Å². The first-order valence-electron chi connectivity index (χ1n) is 8.73. The molecule has 0 N–H and O–H groups in total. The molecule has 4 heteroatoms. The number of carbonyl (C=O) groups excluding carboxylic acids is 1. The smallest absolute Gasteiger partial charge is 0.188 e. The molecule has 0 saturated heterocycles. The van der Waals surface area contributed by atoms with Gasteiger partial charge in [0.2, 0.25) is 0 Å². The second kappa shape index (κ2) is 8.20. The molecule has 3 nitrogen and oxygen atoms in total. The van der Waals surface area contributed by atoms with Crippen LogP contribution in [0, 0.1) is 0 Å². The third kappa shape index (κ3) is 3.94. The van der Waals surface area contributed by atoms with Crippen LogP contribution in [0.3, 0.4) is 0 Å². The molecule has 0 unspecified atom stereocenters. The molecule has 3 aromatic carbocycles. The zero-order valence-corrected chi connectivity index (χ0v) is 16.3. The van der Waals surface area contributed by atoms with E-state index in [0.717, 1.165) is 0 Å². The minimum Gasteiger partial charge on any atom is -0.383 e. The van der Waals surface area contributed by atoms with Gasteiger partial charge in [-0.05, 0) is 0 Å². The summed E-state index contributed by atoms with van der Waals surface area (Å²) >= 11 is 0. The Hall–Kier alpha value is -2.90. The maximum absolute atomic E-state index is 14.5. The van der Waals surface area contributed by atoms with Crippen LogP contribution in [0.15, 0.2) is 97.2 Å². The van der Waals surface area contributed by atoms with Crippen LogP contribution in [0.1, 0.15) is 10.4 Å². The van der Waals surface area contributed by atoms with E-state index in [-0.39, 0.29) is 5.78 Å². The Morgan fingerprint density at radius 1 is 0.778 bits per heavy atom. The number of allylic oxidation sites excluding steroid dienone is 1. The molecular weight excluding hydrogens is 353 g/mol. The summed E-state index contributed by atoms with van der Waals surface area (Å²) in [6, 6.07) is 26.0. The minimum atomic E-state index is -3.18. The molecule has 0 bridgehead atoms. The van der Waals surface area contributed by atoms with Gasteiger partial charge < -0.3 is 9.46 Å². The first-order valence-corrected chi connectivity index (χ1v) is 10.4. The Morgan fingerprint density at radius 3 is 1.78 bits per heavy atom. The van der Waals surface area contributed by atoms with Gasteiger partial charge >= 0.3 is 0 Å². The van der Waals surface area contributed by atoms with Crippen LogP contribution in [-0.4, -0.2) is 24.8 Å². The van der Waals surface area contributed by atoms with E-state index in [1.54, 1.807) is 29.3 Å². The normalized spacial score (nSPS) is 11.5. The van der Waals surface area contributed by atoms with Gasteiger partial charge in [-0.1, -0.05) is 84.9 Å². The van der Waals surface area contributed by atoms with Crippen molar-refractivity contribution in [2.45, 2.75) is 0 Å². The highest BCUT2D eigenvalue weighted by atomic mass is 31.2. The fourth-order valence-electron chi connectivity index (χ4n) is 2.97. The molecule has 0 aliphatic rings. The predicted octanol–water partition coefficient (Wildman–Crippen LogP) is 3.58. The van der Waals surface area contributed by atoms with Crippen molar-refractivity contribution in [2.75, 3.05) is 14.1 Å². The van der Waals surface area contributed by atoms with E-state index >= 15 is 0 Å². The molecule has 3 aromatic rings. The Morgan fingerprint density at radius 2 is 1.26 bits per heavy atom. The summed E-state index contributed by atoms with van der Waals surface area (Å²) in [5.74, 6) is -0.161. The quantitative estimate of drug-likeness (QED) is 0.375. The standard InChI is InChI=1S/C23H22NO2P/c1-24(2)18-17-22(25)21-15-9-10-16-23(21)27(26,19-11-5-3-6-12-19)20-13-7-4-8-14-20/h3-18H,1-2H3. The molecule has 0 aromatic heterocycles. The van der Waals surface area contributed by atoms with Gasteiger partial charge in [-0.25, -0.2) is 0 Å². The summed E-state index contributed by atoms with van der Waals surface area (Å²) < 4.78 is 14.5. The molecule has 0 amide bonds. The summed E-state index contributed by atoms with van der Waals surface area (Å²) in [4.78, 5) is 14.6. The molecule has 0 aliphatic carbocycles. The molecule has 136 valence electrons. The van der Waals surface area contributed by atoms with Crippen LogP contribution in [0.5, 0.6) is 0 Å². The Bertz CT molecular complexity index is 952. The van der Waals surface area contributed by atoms with Crippen LogP contribution < -0.4 is 15.9 Å². The molecule has 0 atom stereocenters.